The van der Waals surface area contributed by atoms with Crippen molar-refractivity contribution in [3.05, 3.63) is 71.8 Å². The minimum Gasteiger partial charge on any atom is -0.283 e. The Kier molecular flexibility index (Phi) is 5.27. The van der Waals surface area contributed by atoms with Crippen molar-refractivity contribution < 1.29 is 13.3 Å². The summed E-state index contributed by atoms with van der Waals surface area (Å²) in [6.45, 7) is 2.05. The first kappa shape index (κ1) is 15.4. The molecule has 0 unspecified atom stereocenters. The number of rotatable bonds is 6. The summed E-state index contributed by atoms with van der Waals surface area (Å²) in [5.41, 5.74) is 2.03. The Labute approximate surface area is 125 Å². The molecule has 110 valence electrons. The van der Waals surface area contributed by atoms with Gasteiger partial charge in [-0.15, -0.1) is 0 Å². The number of sulfonamides is 1. The standard InChI is InChI=1S/C16H17NO3S/c1-14-9-11-16(12-10-14)21(18,19)17-20-13-5-8-15-6-3-2-4-7-15/h2-12,17H,13H2,1H3/b8-5-. The van der Waals surface area contributed by atoms with Gasteiger partial charge in [0.15, 0.2) is 0 Å². The summed E-state index contributed by atoms with van der Waals surface area (Å²) >= 11 is 0. The van der Waals surface area contributed by atoms with E-state index in [1.165, 1.54) is 0 Å². The van der Waals surface area contributed by atoms with Crippen LogP contribution in [0.3, 0.4) is 0 Å². The van der Waals surface area contributed by atoms with Crippen molar-refractivity contribution in [2.45, 2.75) is 11.8 Å². The first-order chi connectivity index (χ1) is 10.1. The van der Waals surface area contributed by atoms with Gasteiger partial charge in [0.25, 0.3) is 10.0 Å². The highest BCUT2D eigenvalue weighted by Crippen LogP contribution is 2.09. The lowest BCUT2D eigenvalue weighted by Gasteiger charge is -2.05. The topological polar surface area (TPSA) is 55.4 Å². The fraction of sp³-hybridized carbons (Fsp3) is 0.125. The van der Waals surface area contributed by atoms with Crippen LogP contribution < -0.4 is 4.89 Å². The normalized spacial score (nSPS) is 11.9. The van der Waals surface area contributed by atoms with Crippen LogP contribution in [0.25, 0.3) is 6.08 Å². The number of hydrogen-bond acceptors (Lipinski definition) is 3. The highest BCUT2D eigenvalue weighted by atomic mass is 32.2. The third-order valence-corrected chi connectivity index (χ3v) is 4.02. The SMILES string of the molecule is Cc1ccc(S(=O)(=O)NOC/C=C\c2ccccc2)cc1. The Morgan fingerprint density at radius 1 is 1.05 bits per heavy atom. The molecule has 0 saturated carbocycles. The van der Waals surface area contributed by atoms with Crippen molar-refractivity contribution in [3.8, 4) is 0 Å². The highest BCUT2D eigenvalue weighted by Gasteiger charge is 2.12. The molecular formula is C16H17NO3S. The van der Waals surface area contributed by atoms with E-state index in [1.807, 2.05) is 43.3 Å². The molecule has 0 saturated heterocycles. The third-order valence-electron chi connectivity index (χ3n) is 2.79. The predicted molar refractivity (Wildman–Crippen MR) is 82.9 cm³/mol. The molecule has 2 aromatic carbocycles. The van der Waals surface area contributed by atoms with E-state index in [-0.39, 0.29) is 11.5 Å². The van der Waals surface area contributed by atoms with E-state index in [2.05, 4.69) is 4.89 Å². The molecule has 2 aromatic rings. The number of benzene rings is 2. The molecule has 0 fully saturated rings. The van der Waals surface area contributed by atoms with Gasteiger partial charge in [-0.05, 0) is 24.6 Å². The van der Waals surface area contributed by atoms with Crippen molar-refractivity contribution >= 4 is 16.1 Å². The summed E-state index contributed by atoms with van der Waals surface area (Å²) in [6, 6.07) is 16.3. The Morgan fingerprint density at radius 2 is 1.71 bits per heavy atom. The summed E-state index contributed by atoms with van der Waals surface area (Å²) in [7, 11) is -3.63. The lowest BCUT2D eigenvalue weighted by atomic mass is 10.2. The number of hydrogen-bond donors (Lipinski definition) is 1. The average Bonchev–Trinajstić information content (AvgIpc) is 2.48. The minimum atomic E-state index is -3.63. The Morgan fingerprint density at radius 3 is 2.38 bits per heavy atom. The molecular weight excluding hydrogens is 286 g/mol. The van der Waals surface area contributed by atoms with E-state index in [9.17, 15) is 8.42 Å². The number of aryl methyl sites for hydroxylation is 1. The van der Waals surface area contributed by atoms with Crippen LogP contribution in [0.1, 0.15) is 11.1 Å². The molecule has 0 aliphatic rings. The van der Waals surface area contributed by atoms with Gasteiger partial charge in [0.1, 0.15) is 0 Å². The fourth-order valence-corrected chi connectivity index (χ4v) is 2.49. The van der Waals surface area contributed by atoms with Crippen molar-refractivity contribution in [2.24, 2.45) is 0 Å². The van der Waals surface area contributed by atoms with E-state index in [0.29, 0.717) is 0 Å². The molecule has 2 rings (SSSR count). The molecule has 1 N–H and O–H groups in total. The molecule has 0 amide bonds. The van der Waals surface area contributed by atoms with Crippen LogP contribution in [0.4, 0.5) is 0 Å². The van der Waals surface area contributed by atoms with Gasteiger partial charge in [0, 0.05) is 0 Å². The fourth-order valence-electron chi connectivity index (χ4n) is 1.67. The van der Waals surface area contributed by atoms with Crippen LogP contribution in [0, 0.1) is 6.92 Å². The van der Waals surface area contributed by atoms with Crippen molar-refractivity contribution in [2.75, 3.05) is 6.61 Å². The Balaban J connectivity index is 1.85. The zero-order valence-electron chi connectivity index (χ0n) is 11.7. The summed E-state index contributed by atoms with van der Waals surface area (Å²) in [5.74, 6) is 0. The van der Waals surface area contributed by atoms with Crippen LogP contribution >= 0.6 is 0 Å². The molecule has 0 aliphatic carbocycles. The number of nitrogens with one attached hydrogen (secondary N) is 1. The van der Waals surface area contributed by atoms with Crippen LogP contribution in [0.5, 0.6) is 0 Å². The van der Waals surface area contributed by atoms with E-state index >= 15 is 0 Å². The van der Waals surface area contributed by atoms with Crippen molar-refractivity contribution in [3.63, 3.8) is 0 Å². The molecule has 0 atom stereocenters. The highest BCUT2D eigenvalue weighted by molar-refractivity contribution is 7.89. The Bertz CT molecular complexity index is 692. The zero-order chi connectivity index (χ0) is 15.1. The van der Waals surface area contributed by atoms with Crippen LogP contribution in [-0.2, 0) is 14.9 Å². The van der Waals surface area contributed by atoms with Crippen molar-refractivity contribution in [1.82, 2.24) is 4.89 Å². The molecule has 0 aromatic heterocycles. The van der Waals surface area contributed by atoms with Gasteiger partial charge in [-0.1, -0.05) is 65.1 Å². The monoisotopic (exact) mass is 303 g/mol. The first-order valence-electron chi connectivity index (χ1n) is 6.50. The van der Waals surface area contributed by atoms with Gasteiger partial charge in [-0.3, -0.25) is 4.84 Å². The maximum Gasteiger partial charge on any atom is 0.262 e. The minimum absolute atomic E-state index is 0.153. The van der Waals surface area contributed by atoms with Crippen LogP contribution in [0.15, 0.2) is 65.6 Å². The summed E-state index contributed by atoms with van der Waals surface area (Å²) < 4.78 is 23.8. The molecule has 0 spiro atoms. The second-order valence-corrected chi connectivity index (χ2v) is 6.17. The maximum atomic E-state index is 11.9. The molecule has 5 heteroatoms. The zero-order valence-corrected chi connectivity index (χ0v) is 12.5. The summed E-state index contributed by atoms with van der Waals surface area (Å²) in [6.07, 6.45) is 3.60. The van der Waals surface area contributed by atoms with Gasteiger partial charge in [-0.2, -0.15) is 0 Å². The largest absolute Gasteiger partial charge is 0.283 e. The van der Waals surface area contributed by atoms with Gasteiger partial charge in [0.2, 0.25) is 0 Å². The first-order valence-corrected chi connectivity index (χ1v) is 7.98. The molecule has 0 aliphatic heterocycles. The van der Waals surface area contributed by atoms with E-state index in [1.54, 1.807) is 30.3 Å². The van der Waals surface area contributed by atoms with Crippen molar-refractivity contribution in [1.29, 1.82) is 0 Å². The molecule has 0 radical (unpaired) electrons. The quantitative estimate of drug-likeness (QED) is 0.659. The summed E-state index contributed by atoms with van der Waals surface area (Å²) in [4.78, 5) is 7.26. The van der Waals surface area contributed by atoms with E-state index in [0.717, 1.165) is 11.1 Å². The predicted octanol–water partition coefficient (Wildman–Crippen LogP) is 2.92. The lowest BCUT2D eigenvalue weighted by Crippen LogP contribution is -2.24. The van der Waals surface area contributed by atoms with E-state index < -0.39 is 10.0 Å². The lowest BCUT2D eigenvalue weighted by molar-refractivity contribution is 0.119. The third kappa shape index (κ3) is 4.82. The van der Waals surface area contributed by atoms with Crippen LogP contribution in [0.2, 0.25) is 0 Å². The molecule has 4 nitrogen and oxygen atoms in total. The Hall–Kier alpha value is -1.95. The smallest absolute Gasteiger partial charge is 0.262 e. The van der Waals surface area contributed by atoms with Gasteiger partial charge in [0.05, 0.1) is 11.5 Å². The van der Waals surface area contributed by atoms with Gasteiger partial charge >= 0.3 is 0 Å². The van der Waals surface area contributed by atoms with Gasteiger partial charge in [-0.25, -0.2) is 8.42 Å². The average molecular weight is 303 g/mol. The molecule has 21 heavy (non-hydrogen) atoms. The van der Waals surface area contributed by atoms with Gasteiger partial charge < -0.3 is 0 Å². The maximum absolute atomic E-state index is 11.9. The summed E-state index contributed by atoms with van der Waals surface area (Å²) in [5, 5.41) is 0. The van der Waals surface area contributed by atoms with E-state index in [4.69, 9.17) is 4.84 Å². The second kappa shape index (κ2) is 7.17. The molecule has 0 heterocycles. The molecule has 0 bridgehead atoms. The van der Waals surface area contributed by atoms with Crippen LogP contribution in [-0.4, -0.2) is 15.0 Å². The second-order valence-electron chi connectivity index (χ2n) is 4.52.